The second kappa shape index (κ2) is 6.78. The molecule has 1 aromatic carbocycles. The van der Waals surface area contributed by atoms with Crippen molar-refractivity contribution >= 4 is 0 Å². The van der Waals surface area contributed by atoms with E-state index in [2.05, 4.69) is 39.3 Å². The van der Waals surface area contributed by atoms with Gasteiger partial charge in [-0.1, -0.05) is 35.5 Å². The molecular weight excluding hydrogens is 294 g/mol. The van der Waals surface area contributed by atoms with Crippen LogP contribution >= 0.6 is 0 Å². The number of rotatable bonds is 4. The van der Waals surface area contributed by atoms with E-state index in [4.69, 9.17) is 14.0 Å². The van der Waals surface area contributed by atoms with Crippen molar-refractivity contribution in [3.63, 3.8) is 0 Å². The van der Waals surface area contributed by atoms with Crippen molar-refractivity contribution in [2.24, 2.45) is 0 Å². The van der Waals surface area contributed by atoms with Crippen molar-refractivity contribution in [2.75, 3.05) is 32.9 Å². The lowest BCUT2D eigenvalue weighted by Gasteiger charge is -2.31. The summed E-state index contributed by atoms with van der Waals surface area (Å²) < 4.78 is 16.7. The maximum atomic E-state index is 5.84. The molecular formula is C17H21N3O3. The molecule has 23 heavy (non-hydrogen) atoms. The van der Waals surface area contributed by atoms with Crippen LogP contribution in [0.25, 0.3) is 0 Å². The molecule has 0 N–H and O–H groups in total. The van der Waals surface area contributed by atoms with E-state index in [9.17, 15) is 0 Å². The minimum absolute atomic E-state index is 0.143. The Morgan fingerprint density at radius 2 is 2.09 bits per heavy atom. The van der Waals surface area contributed by atoms with Gasteiger partial charge in [-0.2, -0.15) is 4.98 Å². The third-order valence-corrected chi connectivity index (χ3v) is 4.43. The van der Waals surface area contributed by atoms with Gasteiger partial charge in [-0.05, 0) is 12.0 Å². The number of hydrogen-bond acceptors (Lipinski definition) is 6. The van der Waals surface area contributed by atoms with E-state index in [0.29, 0.717) is 19.1 Å². The van der Waals surface area contributed by atoms with Gasteiger partial charge in [0.15, 0.2) is 5.82 Å². The zero-order valence-corrected chi connectivity index (χ0v) is 13.1. The second-order valence-electron chi connectivity index (χ2n) is 6.13. The minimum Gasteiger partial charge on any atom is -0.381 e. The van der Waals surface area contributed by atoms with Gasteiger partial charge in [-0.25, -0.2) is 0 Å². The van der Waals surface area contributed by atoms with E-state index in [0.717, 1.165) is 38.5 Å². The first-order valence-electron chi connectivity index (χ1n) is 8.17. The lowest BCUT2D eigenvalue weighted by atomic mass is 10.1. The van der Waals surface area contributed by atoms with Gasteiger partial charge in [-0.3, -0.25) is 4.90 Å². The van der Waals surface area contributed by atoms with Crippen LogP contribution in [0.4, 0.5) is 0 Å². The molecule has 3 heterocycles. The fraction of sp³-hybridized carbons (Fsp3) is 0.529. The molecule has 0 spiro atoms. The van der Waals surface area contributed by atoms with Crippen molar-refractivity contribution < 1.29 is 14.0 Å². The molecule has 122 valence electrons. The van der Waals surface area contributed by atoms with Crippen LogP contribution in [0.15, 0.2) is 34.9 Å². The Labute approximate surface area is 135 Å². The molecule has 2 aliphatic heterocycles. The average Bonchev–Trinajstić information content (AvgIpc) is 3.28. The summed E-state index contributed by atoms with van der Waals surface area (Å²) in [5.41, 5.74) is 1.31. The molecule has 4 rings (SSSR count). The first-order chi connectivity index (χ1) is 11.4. The molecule has 2 fully saturated rings. The smallest absolute Gasteiger partial charge is 0.257 e. The summed E-state index contributed by atoms with van der Waals surface area (Å²) in [4.78, 5) is 6.92. The third kappa shape index (κ3) is 3.44. The number of aromatic nitrogens is 2. The third-order valence-electron chi connectivity index (χ3n) is 4.43. The van der Waals surface area contributed by atoms with Gasteiger partial charge in [0.05, 0.1) is 13.2 Å². The van der Waals surface area contributed by atoms with E-state index >= 15 is 0 Å². The Kier molecular flexibility index (Phi) is 4.37. The lowest BCUT2D eigenvalue weighted by molar-refractivity contribution is -0.0475. The maximum Gasteiger partial charge on any atom is 0.257 e. The summed E-state index contributed by atoms with van der Waals surface area (Å²) in [5.74, 6) is 1.60. The molecule has 0 amide bonds. The first kappa shape index (κ1) is 14.8. The van der Waals surface area contributed by atoms with Gasteiger partial charge in [0.2, 0.25) is 0 Å². The molecule has 0 saturated carbocycles. The standard InChI is InChI=1S/C17H21N3O3/c1-2-4-13(5-3-1)10-20-7-9-22-15(11-20)17-18-16(19-23-17)14-6-8-21-12-14/h1-5,14-15H,6-12H2. The highest BCUT2D eigenvalue weighted by Gasteiger charge is 2.29. The molecule has 1 aromatic heterocycles. The van der Waals surface area contributed by atoms with Crippen molar-refractivity contribution in [3.8, 4) is 0 Å². The van der Waals surface area contributed by atoms with Crippen LogP contribution < -0.4 is 0 Å². The van der Waals surface area contributed by atoms with Gasteiger partial charge in [0, 0.05) is 32.2 Å². The van der Waals surface area contributed by atoms with Crippen LogP contribution in [-0.4, -0.2) is 48.0 Å². The maximum absolute atomic E-state index is 5.84. The molecule has 6 heteroatoms. The van der Waals surface area contributed by atoms with E-state index in [-0.39, 0.29) is 12.0 Å². The van der Waals surface area contributed by atoms with E-state index < -0.39 is 0 Å². The average molecular weight is 315 g/mol. The van der Waals surface area contributed by atoms with E-state index in [1.54, 1.807) is 0 Å². The molecule has 0 radical (unpaired) electrons. The highest BCUT2D eigenvalue weighted by Crippen LogP contribution is 2.26. The van der Waals surface area contributed by atoms with Crippen molar-refractivity contribution in [3.05, 3.63) is 47.6 Å². The largest absolute Gasteiger partial charge is 0.381 e. The SMILES string of the molecule is c1ccc(CN2CCOC(c3nc(C4CCOC4)no3)C2)cc1. The topological polar surface area (TPSA) is 60.6 Å². The number of nitrogens with zero attached hydrogens (tertiary/aromatic N) is 3. The highest BCUT2D eigenvalue weighted by molar-refractivity contribution is 5.14. The van der Waals surface area contributed by atoms with Crippen molar-refractivity contribution in [2.45, 2.75) is 25.0 Å². The Morgan fingerprint density at radius 3 is 2.91 bits per heavy atom. The van der Waals surface area contributed by atoms with E-state index in [1.165, 1.54) is 5.56 Å². The summed E-state index contributed by atoms with van der Waals surface area (Å²) in [5, 5.41) is 4.12. The van der Waals surface area contributed by atoms with Gasteiger partial charge in [-0.15, -0.1) is 0 Å². The van der Waals surface area contributed by atoms with Gasteiger partial charge >= 0.3 is 0 Å². The fourth-order valence-corrected chi connectivity index (χ4v) is 3.12. The van der Waals surface area contributed by atoms with Crippen LogP contribution in [0.2, 0.25) is 0 Å². The molecule has 0 bridgehead atoms. The fourth-order valence-electron chi connectivity index (χ4n) is 3.12. The highest BCUT2D eigenvalue weighted by atomic mass is 16.5. The van der Waals surface area contributed by atoms with Gasteiger partial charge in [0.1, 0.15) is 6.10 Å². The van der Waals surface area contributed by atoms with Crippen molar-refractivity contribution in [1.29, 1.82) is 0 Å². The lowest BCUT2D eigenvalue weighted by Crippen LogP contribution is -2.37. The Morgan fingerprint density at radius 1 is 1.17 bits per heavy atom. The normalized spacial score (nSPS) is 25.7. The number of hydrogen-bond donors (Lipinski definition) is 0. The molecule has 2 aromatic rings. The Hall–Kier alpha value is -1.76. The van der Waals surface area contributed by atoms with Gasteiger partial charge in [0.25, 0.3) is 5.89 Å². The summed E-state index contributed by atoms with van der Waals surface area (Å²) in [6.45, 7) is 4.75. The monoisotopic (exact) mass is 315 g/mol. The van der Waals surface area contributed by atoms with Crippen LogP contribution in [0.1, 0.15) is 35.7 Å². The summed E-state index contributed by atoms with van der Waals surface area (Å²) in [6, 6.07) is 10.5. The molecule has 0 aliphatic carbocycles. The number of ether oxygens (including phenoxy) is 2. The van der Waals surface area contributed by atoms with Crippen LogP contribution in [0, 0.1) is 0 Å². The second-order valence-corrected chi connectivity index (χ2v) is 6.13. The molecule has 2 unspecified atom stereocenters. The number of morpholine rings is 1. The minimum atomic E-state index is -0.143. The summed E-state index contributed by atoms with van der Waals surface area (Å²) in [6.07, 6.45) is 0.820. The summed E-state index contributed by atoms with van der Waals surface area (Å²) >= 11 is 0. The van der Waals surface area contributed by atoms with Gasteiger partial charge < -0.3 is 14.0 Å². The Bertz CT molecular complexity index is 625. The Balaban J connectivity index is 1.41. The predicted molar refractivity (Wildman–Crippen MR) is 82.9 cm³/mol. The zero-order chi connectivity index (χ0) is 15.5. The first-order valence-corrected chi connectivity index (χ1v) is 8.17. The molecule has 6 nitrogen and oxygen atoms in total. The predicted octanol–water partition coefficient (Wildman–Crippen LogP) is 2.15. The van der Waals surface area contributed by atoms with Crippen molar-refractivity contribution in [1.82, 2.24) is 15.0 Å². The molecule has 2 aliphatic rings. The number of benzene rings is 1. The molecule has 2 saturated heterocycles. The quantitative estimate of drug-likeness (QED) is 0.861. The van der Waals surface area contributed by atoms with Crippen LogP contribution in [-0.2, 0) is 16.0 Å². The van der Waals surface area contributed by atoms with Crippen LogP contribution in [0.5, 0.6) is 0 Å². The van der Waals surface area contributed by atoms with Crippen LogP contribution in [0.3, 0.4) is 0 Å². The zero-order valence-electron chi connectivity index (χ0n) is 13.1. The van der Waals surface area contributed by atoms with E-state index in [1.807, 2.05) is 6.07 Å². The summed E-state index contributed by atoms with van der Waals surface area (Å²) in [7, 11) is 0. The molecule has 2 atom stereocenters.